The zero-order valence-electron chi connectivity index (χ0n) is 2.77. The van der Waals surface area contributed by atoms with Gasteiger partial charge < -0.3 is 4.74 Å². The highest BCUT2D eigenvalue weighted by Gasteiger charge is 1.85. The molecule has 0 saturated carbocycles. The Hall–Kier alpha value is -0.680. The minimum absolute atomic E-state index is 0.975. The van der Waals surface area contributed by atoms with Crippen molar-refractivity contribution < 1.29 is 9.53 Å². The van der Waals surface area contributed by atoms with Crippen molar-refractivity contribution in [3.05, 3.63) is 0 Å². The normalized spacial score (nSPS) is 6.00. The lowest BCUT2D eigenvalue weighted by atomic mass is 11.3. The fourth-order valence-electron chi connectivity index (χ4n) is 0.0463. The van der Waals surface area contributed by atoms with Crippen molar-refractivity contribution in [3.8, 4) is 12.5 Å². The van der Waals surface area contributed by atoms with E-state index in [1.807, 2.05) is 0 Å². The Bertz CT molecular complexity index is 91.5. The van der Waals surface area contributed by atoms with Gasteiger partial charge >= 0.3 is 5.43 Å². The van der Waals surface area contributed by atoms with Gasteiger partial charge in [0.15, 0.2) is 0 Å². The van der Waals surface area contributed by atoms with E-state index in [-0.39, 0.29) is 0 Å². The fourth-order valence-corrected chi connectivity index (χ4v) is 0.0909. The molecule has 0 aromatic heterocycles. The minimum Gasteiger partial charge on any atom is -0.360 e. The molecule has 6 heavy (non-hydrogen) atoms. The van der Waals surface area contributed by atoms with Crippen LogP contribution in [0.2, 0.25) is 0 Å². The molecule has 0 atom stereocenters. The summed E-state index contributed by atoms with van der Waals surface area (Å²) in [6, 6.07) is 0. The monoisotopic (exact) mass is 104 g/mol. The van der Waals surface area contributed by atoms with Crippen LogP contribution in [0, 0.1) is 12.5 Å². The van der Waals surface area contributed by atoms with Gasteiger partial charge in [0.1, 0.15) is 6.11 Å². The van der Waals surface area contributed by atoms with E-state index in [4.69, 9.17) is 0 Å². The van der Waals surface area contributed by atoms with Crippen molar-refractivity contribution in [1.82, 2.24) is 0 Å². The summed E-state index contributed by atoms with van der Waals surface area (Å²) in [6.07, 6.45) is 6.04. The molecule has 0 bridgehead atoms. The standard InChI is InChI=1S/C3HClO2/c1-2-6-3(4)5/h1H. The molecule has 0 aliphatic rings. The molecule has 0 rings (SSSR count). The van der Waals surface area contributed by atoms with Gasteiger partial charge in [0.2, 0.25) is 0 Å². The molecule has 0 amide bonds. The molecule has 0 fully saturated rings. The lowest BCUT2D eigenvalue weighted by Crippen LogP contribution is -1.80. The zero-order chi connectivity index (χ0) is 4.99. The van der Waals surface area contributed by atoms with Crippen LogP contribution >= 0.6 is 11.6 Å². The Kier molecular flexibility index (Phi) is 2.26. The van der Waals surface area contributed by atoms with E-state index in [0.717, 1.165) is 0 Å². The van der Waals surface area contributed by atoms with Crippen LogP contribution in [-0.2, 0) is 4.74 Å². The molecule has 0 aromatic rings. The SMILES string of the molecule is C#COC(=O)Cl. The van der Waals surface area contributed by atoms with Crippen molar-refractivity contribution >= 4 is 17.0 Å². The number of hydrogen-bond donors (Lipinski definition) is 0. The van der Waals surface area contributed by atoms with Crippen LogP contribution in [0.25, 0.3) is 0 Å². The van der Waals surface area contributed by atoms with Crippen molar-refractivity contribution in [1.29, 1.82) is 0 Å². The summed E-state index contributed by atoms with van der Waals surface area (Å²) in [5.41, 5.74) is -0.975. The lowest BCUT2D eigenvalue weighted by Gasteiger charge is -1.75. The van der Waals surface area contributed by atoms with Gasteiger partial charge in [0, 0.05) is 11.6 Å². The quantitative estimate of drug-likeness (QED) is 0.338. The molecule has 3 heteroatoms. The number of rotatable bonds is 0. The molecule has 32 valence electrons. The maximum atomic E-state index is 9.44. The van der Waals surface area contributed by atoms with Crippen LogP contribution in [-0.4, -0.2) is 5.43 Å². The first-order chi connectivity index (χ1) is 2.77. The molecule has 0 N–H and O–H groups in total. The molecule has 2 nitrogen and oxygen atoms in total. The molecular formula is C3HClO2. The highest BCUT2D eigenvalue weighted by Crippen LogP contribution is 1.80. The maximum absolute atomic E-state index is 9.44. The third-order valence-electron chi connectivity index (χ3n) is 0.139. The lowest BCUT2D eigenvalue weighted by molar-refractivity contribution is 0.218. The number of carbonyl (C=O) groups is 1. The zero-order valence-corrected chi connectivity index (χ0v) is 3.53. The topological polar surface area (TPSA) is 26.3 Å². The van der Waals surface area contributed by atoms with Gasteiger partial charge in [-0.25, -0.2) is 4.79 Å². The van der Waals surface area contributed by atoms with Gasteiger partial charge in [-0.05, 0) is 0 Å². The first kappa shape index (κ1) is 5.32. The highest BCUT2D eigenvalue weighted by atomic mass is 35.5. The summed E-state index contributed by atoms with van der Waals surface area (Å²) in [5.74, 6) is 0. The Morgan fingerprint density at radius 2 is 2.50 bits per heavy atom. The van der Waals surface area contributed by atoms with E-state index in [1.165, 1.54) is 0 Å². The maximum Gasteiger partial charge on any atom is 0.417 e. The molecule has 0 aliphatic heterocycles. The van der Waals surface area contributed by atoms with E-state index >= 15 is 0 Å². The number of hydrogen-bond acceptors (Lipinski definition) is 2. The third-order valence-corrected chi connectivity index (χ3v) is 0.216. The van der Waals surface area contributed by atoms with Crippen LogP contribution < -0.4 is 0 Å². The summed E-state index contributed by atoms with van der Waals surface area (Å²) in [4.78, 5) is 9.44. The third kappa shape index (κ3) is 3.32. The average Bonchev–Trinajstić information content (AvgIpc) is 1.35. The van der Waals surface area contributed by atoms with Gasteiger partial charge in [-0.2, -0.15) is 0 Å². The van der Waals surface area contributed by atoms with E-state index in [2.05, 4.69) is 22.8 Å². The molecule has 0 aromatic carbocycles. The van der Waals surface area contributed by atoms with Gasteiger partial charge in [-0.3, -0.25) is 0 Å². The van der Waals surface area contributed by atoms with Gasteiger partial charge in [0.05, 0.1) is 0 Å². The second-order valence-corrected chi connectivity index (χ2v) is 0.766. The fraction of sp³-hybridized carbons (Fsp3) is 0. The second kappa shape index (κ2) is 2.55. The molecule has 0 aliphatic carbocycles. The molecular weight excluding hydrogens is 103 g/mol. The van der Waals surface area contributed by atoms with Gasteiger partial charge in [0.25, 0.3) is 0 Å². The van der Waals surface area contributed by atoms with Crippen LogP contribution in [0.3, 0.4) is 0 Å². The molecule has 0 radical (unpaired) electrons. The first-order valence-corrected chi connectivity index (χ1v) is 1.47. The average molecular weight is 104 g/mol. The van der Waals surface area contributed by atoms with Gasteiger partial charge in [-0.1, -0.05) is 6.42 Å². The Labute approximate surface area is 40.0 Å². The van der Waals surface area contributed by atoms with Crippen molar-refractivity contribution in [3.63, 3.8) is 0 Å². The number of terminal acetylenes is 1. The summed E-state index contributed by atoms with van der Waals surface area (Å²) < 4.78 is 3.70. The second-order valence-electron chi connectivity index (χ2n) is 0.458. The summed E-state index contributed by atoms with van der Waals surface area (Å²) in [6.45, 7) is 0. The summed E-state index contributed by atoms with van der Waals surface area (Å²) in [5, 5.41) is 0. The predicted molar refractivity (Wildman–Crippen MR) is 21.2 cm³/mol. The van der Waals surface area contributed by atoms with Crippen LogP contribution in [0.5, 0.6) is 0 Å². The molecule has 0 spiro atoms. The highest BCUT2D eigenvalue weighted by molar-refractivity contribution is 6.61. The van der Waals surface area contributed by atoms with Crippen molar-refractivity contribution in [2.45, 2.75) is 0 Å². The Morgan fingerprint density at radius 3 is 2.50 bits per heavy atom. The number of carbonyl (C=O) groups excluding carboxylic acids is 1. The van der Waals surface area contributed by atoms with Gasteiger partial charge in [-0.15, -0.1) is 0 Å². The molecule has 0 unspecified atom stereocenters. The molecule has 0 saturated heterocycles. The predicted octanol–water partition coefficient (Wildman–Crippen LogP) is 0.953. The Balaban J connectivity index is 3.13. The Morgan fingerprint density at radius 1 is 2.00 bits per heavy atom. The smallest absolute Gasteiger partial charge is 0.360 e. The largest absolute Gasteiger partial charge is 0.417 e. The van der Waals surface area contributed by atoms with E-state index in [1.54, 1.807) is 6.11 Å². The van der Waals surface area contributed by atoms with Crippen LogP contribution in [0.15, 0.2) is 0 Å². The van der Waals surface area contributed by atoms with E-state index < -0.39 is 5.43 Å². The van der Waals surface area contributed by atoms with Crippen molar-refractivity contribution in [2.75, 3.05) is 0 Å². The van der Waals surface area contributed by atoms with Crippen LogP contribution in [0.1, 0.15) is 0 Å². The van der Waals surface area contributed by atoms with Crippen LogP contribution in [0.4, 0.5) is 4.79 Å². The van der Waals surface area contributed by atoms with Crippen molar-refractivity contribution in [2.24, 2.45) is 0 Å². The van der Waals surface area contributed by atoms with E-state index in [9.17, 15) is 4.79 Å². The summed E-state index contributed by atoms with van der Waals surface area (Å²) >= 11 is 4.57. The van der Waals surface area contributed by atoms with E-state index in [0.29, 0.717) is 0 Å². The number of ether oxygens (including phenoxy) is 1. The number of halogens is 1. The minimum atomic E-state index is -0.975. The summed E-state index contributed by atoms with van der Waals surface area (Å²) in [7, 11) is 0. The first-order valence-electron chi connectivity index (χ1n) is 1.09. The molecule has 0 heterocycles.